The molecule has 0 aliphatic carbocycles. The van der Waals surface area contributed by atoms with Crippen LogP contribution in [0.15, 0.2) is 50.5 Å². The lowest BCUT2D eigenvalue weighted by atomic mass is 10.2. The molecule has 1 fully saturated rings. The first-order valence-corrected chi connectivity index (χ1v) is 10.8. The highest BCUT2D eigenvalue weighted by Gasteiger charge is 2.31. The predicted molar refractivity (Wildman–Crippen MR) is 108 cm³/mol. The number of oxazole rings is 1. The van der Waals surface area contributed by atoms with Crippen molar-refractivity contribution in [2.45, 2.75) is 4.90 Å². The molecule has 2 aromatic carbocycles. The number of piperazine rings is 1. The normalized spacial score (nSPS) is 15.6. The third-order valence-corrected chi connectivity index (χ3v) is 7.28. The van der Waals surface area contributed by atoms with Crippen molar-refractivity contribution in [1.82, 2.24) is 13.8 Å². The van der Waals surface area contributed by atoms with E-state index in [1.165, 1.54) is 51.2 Å². The number of aryl methyl sites for hydroxylation is 1. The van der Waals surface area contributed by atoms with Crippen LogP contribution in [0.1, 0.15) is 10.4 Å². The summed E-state index contributed by atoms with van der Waals surface area (Å²) in [5, 5.41) is -0.148. The molecule has 1 aromatic heterocycles. The largest absolute Gasteiger partial charge is 0.419 e. The molecule has 158 valence electrons. The van der Waals surface area contributed by atoms with E-state index >= 15 is 0 Å². The number of rotatable bonds is 3. The molecule has 0 unspecified atom stereocenters. The van der Waals surface area contributed by atoms with Gasteiger partial charge in [0.2, 0.25) is 10.0 Å². The van der Waals surface area contributed by atoms with Gasteiger partial charge in [-0.25, -0.2) is 17.6 Å². The Labute approximate surface area is 176 Å². The van der Waals surface area contributed by atoms with Gasteiger partial charge in [-0.05, 0) is 30.3 Å². The standard InChI is InChI=1S/C19H17ClFN3O5S/c1-22-16-5-3-13(11-17(16)29-19(22)26)30(27,28)24-8-6-23(7-9-24)18(25)12-2-4-15(21)14(20)10-12/h2-5,10-11H,6-9H2,1H3. The van der Waals surface area contributed by atoms with Crippen LogP contribution in [-0.4, -0.2) is 54.3 Å². The van der Waals surface area contributed by atoms with Gasteiger partial charge in [0.25, 0.3) is 5.91 Å². The van der Waals surface area contributed by atoms with Gasteiger partial charge < -0.3 is 9.32 Å². The summed E-state index contributed by atoms with van der Waals surface area (Å²) >= 11 is 5.74. The molecule has 2 heterocycles. The van der Waals surface area contributed by atoms with Crippen molar-refractivity contribution in [3.63, 3.8) is 0 Å². The molecule has 1 amide bonds. The molecule has 1 aliphatic rings. The van der Waals surface area contributed by atoms with Gasteiger partial charge in [-0.3, -0.25) is 9.36 Å². The second-order valence-corrected chi connectivity index (χ2v) is 9.23. The van der Waals surface area contributed by atoms with Crippen molar-refractivity contribution in [1.29, 1.82) is 0 Å². The molecule has 8 nitrogen and oxygen atoms in total. The van der Waals surface area contributed by atoms with E-state index in [1.807, 2.05) is 0 Å². The Bertz CT molecular complexity index is 1310. The summed E-state index contributed by atoms with van der Waals surface area (Å²) < 4.78 is 46.9. The Balaban J connectivity index is 1.51. The number of sulfonamides is 1. The molecular formula is C19H17ClFN3O5S. The third kappa shape index (κ3) is 3.51. The number of aromatic nitrogens is 1. The minimum atomic E-state index is -3.83. The first-order valence-electron chi connectivity index (χ1n) is 9.02. The molecule has 0 saturated carbocycles. The lowest BCUT2D eigenvalue weighted by molar-refractivity contribution is 0.0698. The van der Waals surface area contributed by atoms with Crippen LogP contribution in [0.25, 0.3) is 11.1 Å². The monoisotopic (exact) mass is 453 g/mol. The molecule has 0 bridgehead atoms. The van der Waals surface area contributed by atoms with E-state index in [4.69, 9.17) is 16.0 Å². The zero-order valence-corrected chi connectivity index (χ0v) is 17.4. The van der Waals surface area contributed by atoms with Crippen LogP contribution in [0.3, 0.4) is 0 Å². The molecule has 0 N–H and O–H groups in total. The van der Waals surface area contributed by atoms with E-state index in [2.05, 4.69) is 0 Å². The van der Waals surface area contributed by atoms with E-state index < -0.39 is 21.6 Å². The SMILES string of the molecule is Cn1c(=O)oc2cc(S(=O)(=O)N3CCN(C(=O)c4ccc(F)c(Cl)c4)CC3)ccc21. The van der Waals surface area contributed by atoms with Gasteiger partial charge in [0, 0.05) is 44.9 Å². The molecule has 1 saturated heterocycles. The summed E-state index contributed by atoms with van der Waals surface area (Å²) in [5.74, 6) is -1.54. The van der Waals surface area contributed by atoms with Gasteiger partial charge in [0.1, 0.15) is 5.82 Å². The molecule has 0 atom stereocenters. The first kappa shape index (κ1) is 20.6. The summed E-state index contributed by atoms with van der Waals surface area (Å²) in [7, 11) is -2.30. The smallest absolute Gasteiger partial charge is 0.408 e. The minimum Gasteiger partial charge on any atom is -0.408 e. The highest BCUT2D eigenvalue weighted by atomic mass is 35.5. The van der Waals surface area contributed by atoms with Gasteiger partial charge in [-0.1, -0.05) is 11.6 Å². The summed E-state index contributed by atoms with van der Waals surface area (Å²) in [5.41, 5.74) is 0.917. The second-order valence-electron chi connectivity index (χ2n) is 6.88. The van der Waals surface area contributed by atoms with Crippen LogP contribution in [0.5, 0.6) is 0 Å². The van der Waals surface area contributed by atoms with Gasteiger partial charge in [0.15, 0.2) is 5.58 Å². The average Bonchev–Trinajstić information content (AvgIpc) is 3.02. The van der Waals surface area contributed by atoms with Crippen LogP contribution in [0.4, 0.5) is 4.39 Å². The second kappa shape index (κ2) is 7.53. The van der Waals surface area contributed by atoms with E-state index in [0.29, 0.717) is 5.52 Å². The van der Waals surface area contributed by atoms with E-state index in [-0.39, 0.29) is 53.2 Å². The summed E-state index contributed by atoms with van der Waals surface area (Å²) in [6, 6.07) is 7.98. The van der Waals surface area contributed by atoms with Gasteiger partial charge >= 0.3 is 5.76 Å². The summed E-state index contributed by atoms with van der Waals surface area (Å²) in [6.07, 6.45) is 0. The quantitative estimate of drug-likeness (QED) is 0.605. The fourth-order valence-electron chi connectivity index (χ4n) is 3.37. The Morgan fingerprint density at radius 1 is 1.10 bits per heavy atom. The Morgan fingerprint density at radius 2 is 1.80 bits per heavy atom. The maximum Gasteiger partial charge on any atom is 0.419 e. The average molecular weight is 454 g/mol. The zero-order chi connectivity index (χ0) is 21.6. The maximum absolute atomic E-state index is 13.3. The Hall–Kier alpha value is -2.69. The van der Waals surface area contributed by atoms with Crippen molar-refractivity contribution in [2.24, 2.45) is 7.05 Å². The Morgan fingerprint density at radius 3 is 2.47 bits per heavy atom. The molecule has 0 radical (unpaired) electrons. The highest BCUT2D eigenvalue weighted by molar-refractivity contribution is 7.89. The molecule has 0 spiro atoms. The van der Waals surface area contributed by atoms with Crippen molar-refractivity contribution in [3.8, 4) is 0 Å². The fourth-order valence-corrected chi connectivity index (χ4v) is 4.99. The van der Waals surface area contributed by atoms with Crippen molar-refractivity contribution in [3.05, 3.63) is 63.4 Å². The molecule has 1 aliphatic heterocycles. The summed E-state index contributed by atoms with van der Waals surface area (Å²) in [6.45, 7) is 0.547. The van der Waals surface area contributed by atoms with Crippen LogP contribution >= 0.6 is 11.6 Å². The first-order chi connectivity index (χ1) is 14.2. The molecule has 4 rings (SSSR count). The number of hydrogen-bond donors (Lipinski definition) is 0. The third-order valence-electron chi connectivity index (χ3n) is 5.09. The molecule has 30 heavy (non-hydrogen) atoms. The minimum absolute atomic E-state index is 0.00874. The molecule has 3 aromatic rings. The number of benzene rings is 2. The van der Waals surface area contributed by atoms with E-state index in [9.17, 15) is 22.4 Å². The zero-order valence-electron chi connectivity index (χ0n) is 15.8. The lowest BCUT2D eigenvalue weighted by Crippen LogP contribution is -2.50. The Kier molecular flexibility index (Phi) is 5.16. The van der Waals surface area contributed by atoms with Crippen molar-refractivity contribution < 1.29 is 22.0 Å². The van der Waals surface area contributed by atoms with Crippen LogP contribution < -0.4 is 5.76 Å². The lowest BCUT2D eigenvalue weighted by Gasteiger charge is -2.34. The van der Waals surface area contributed by atoms with Crippen LogP contribution in [0.2, 0.25) is 5.02 Å². The summed E-state index contributed by atoms with van der Waals surface area (Å²) in [4.78, 5) is 25.7. The van der Waals surface area contributed by atoms with Gasteiger partial charge in [-0.2, -0.15) is 4.31 Å². The molecule has 11 heteroatoms. The van der Waals surface area contributed by atoms with E-state index in [1.54, 1.807) is 0 Å². The van der Waals surface area contributed by atoms with Gasteiger partial charge in [-0.15, -0.1) is 0 Å². The number of amides is 1. The number of halogens is 2. The highest BCUT2D eigenvalue weighted by Crippen LogP contribution is 2.23. The topological polar surface area (TPSA) is 92.8 Å². The number of hydrogen-bond acceptors (Lipinski definition) is 5. The van der Waals surface area contributed by atoms with Crippen LogP contribution in [0, 0.1) is 5.82 Å². The van der Waals surface area contributed by atoms with Gasteiger partial charge in [0.05, 0.1) is 15.4 Å². The van der Waals surface area contributed by atoms with Crippen LogP contribution in [-0.2, 0) is 17.1 Å². The van der Waals surface area contributed by atoms with Crippen molar-refractivity contribution >= 4 is 38.6 Å². The molecular weight excluding hydrogens is 437 g/mol. The maximum atomic E-state index is 13.3. The van der Waals surface area contributed by atoms with Crippen molar-refractivity contribution in [2.75, 3.05) is 26.2 Å². The number of nitrogens with zero attached hydrogens (tertiary/aromatic N) is 3. The van der Waals surface area contributed by atoms with E-state index in [0.717, 1.165) is 6.07 Å². The number of carbonyl (C=O) groups is 1. The fraction of sp³-hybridized carbons (Fsp3) is 0.263. The predicted octanol–water partition coefficient (Wildman–Crippen LogP) is 2.07. The number of carbonyl (C=O) groups excluding carboxylic acids is 1. The number of fused-ring (bicyclic) bond motifs is 1.